The fraction of sp³-hybridized carbons (Fsp3) is 0.235. The molecule has 0 bridgehead atoms. The highest BCUT2D eigenvalue weighted by Gasteiger charge is 2.06. The Balaban J connectivity index is 2.01. The van der Waals surface area contributed by atoms with Gasteiger partial charge < -0.3 is 5.73 Å². The van der Waals surface area contributed by atoms with Gasteiger partial charge in [-0.3, -0.25) is 4.79 Å². The smallest absolute Gasteiger partial charge is 0.163 e. The zero-order valence-electron chi connectivity index (χ0n) is 11.2. The lowest BCUT2D eigenvalue weighted by atomic mass is 10.0. The van der Waals surface area contributed by atoms with Crippen LogP contribution in [0, 0.1) is 0 Å². The summed E-state index contributed by atoms with van der Waals surface area (Å²) in [6.07, 6.45) is 2.22. The van der Waals surface area contributed by atoms with Crippen LogP contribution in [0.4, 0.5) is 5.69 Å². The van der Waals surface area contributed by atoms with Crippen LogP contribution in [-0.2, 0) is 12.8 Å². The number of nitrogen functional groups attached to an aromatic ring is 1. The van der Waals surface area contributed by atoms with Gasteiger partial charge >= 0.3 is 0 Å². The highest BCUT2D eigenvalue weighted by atomic mass is 16.1. The first-order valence-electron chi connectivity index (χ1n) is 6.65. The standard InChI is InChI=1S/C17H19NO/c1-2-13-5-3-7-15(11-13)17(19)10-9-14-6-4-8-16(18)12-14/h3-8,11-12H,2,9-10,18H2,1H3. The fourth-order valence-corrected chi connectivity index (χ4v) is 2.12. The van der Waals surface area contributed by atoms with Gasteiger partial charge in [0.25, 0.3) is 0 Å². The van der Waals surface area contributed by atoms with Crippen molar-refractivity contribution in [2.45, 2.75) is 26.2 Å². The van der Waals surface area contributed by atoms with Crippen LogP contribution < -0.4 is 5.73 Å². The van der Waals surface area contributed by atoms with Crippen LogP contribution in [-0.4, -0.2) is 5.78 Å². The molecule has 2 rings (SSSR count). The Morgan fingerprint density at radius 3 is 2.53 bits per heavy atom. The summed E-state index contributed by atoms with van der Waals surface area (Å²) < 4.78 is 0. The van der Waals surface area contributed by atoms with Crippen molar-refractivity contribution < 1.29 is 4.79 Å². The average molecular weight is 253 g/mol. The molecule has 0 saturated heterocycles. The molecule has 0 aliphatic rings. The van der Waals surface area contributed by atoms with Crippen molar-refractivity contribution in [2.24, 2.45) is 0 Å². The third kappa shape index (κ3) is 3.68. The van der Waals surface area contributed by atoms with Gasteiger partial charge in [-0.05, 0) is 42.2 Å². The van der Waals surface area contributed by atoms with Crippen molar-refractivity contribution in [2.75, 3.05) is 5.73 Å². The van der Waals surface area contributed by atoms with E-state index in [2.05, 4.69) is 13.0 Å². The minimum atomic E-state index is 0.192. The largest absolute Gasteiger partial charge is 0.399 e. The van der Waals surface area contributed by atoms with Crippen molar-refractivity contribution >= 4 is 11.5 Å². The van der Waals surface area contributed by atoms with Gasteiger partial charge in [-0.25, -0.2) is 0 Å². The molecule has 2 nitrogen and oxygen atoms in total. The number of anilines is 1. The predicted octanol–water partition coefficient (Wildman–Crippen LogP) is 3.65. The van der Waals surface area contributed by atoms with Crippen LogP contribution in [0.2, 0.25) is 0 Å². The van der Waals surface area contributed by atoms with E-state index >= 15 is 0 Å². The maximum Gasteiger partial charge on any atom is 0.163 e. The Morgan fingerprint density at radius 1 is 1.05 bits per heavy atom. The van der Waals surface area contributed by atoms with Gasteiger partial charge in [-0.1, -0.05) is 37.3 Å². The van der Waals surface area contributed by atoms with Crippen molar-refractivity contribution in [1.82, 2.24) is 0 Å². The second kappa shape index (κ2) is 6.19. The average Bonchev–Trinajstić information content (AvgIpc) is 2.45. The molecule has 0 saturated carbocycles. The molecule has 2 heteroatoms. The zero-order chi connectivity index (χ0) is 13.7. The zero-order valence-corrected chi connectivity index (χ0v) is 11.2. The molecular weight excluding hydrogens is 234 g/mol. The Bertz CT molecular complexity index is 575. The van der Waals surface area contributed by atoms with E-state index in [-0.39, 0.29) is 5.78 Å². The van der Waals surface area contributed by atoms with E-state index in [0.29, 0.717) is 6.42 Å². The number of hydrogen-bond acceptors (Lipinski definition) is 2. The van der Waals surface area contributed by atoms with Gasteiger partial charge in [-0.2, -0.15) is 0 Å². The molecule has 2 aromatic carbocycles. The third-order valence-corrected chi connectivity index (χ3v) is 3.25. The van der Waals surface area contributed by atoms with Crippen molar-refractivity contribution in [3.05, 3.63) is 65.2 Å². The van der Waals surface area contributed by atoms with Crippen LogP contribution >= 0.6 is 0 Å². The quantitative estimate of drug-likeness (QED) is 0.653. The van der Waals surface area contributed by atoms with Gasteiger partial charge in [0.2, 0.25) is 0 Å². The molecule has 2 aromatic rings. The number of hydrogen-bond donors (Lipinski definition) is 1. The lowest BCUT2D eigenvalue weighted by molar-refractivity contribution is 0.0982. The highest BCUT2D eigenvalue weighted by molar-refractivity contribution is 5.96. The van der Waals surface area contributed by atoms with E-state index in [4.69, 9.17) is 5.73 Å². The van der Waals surface area contributed by atoms with E-state index in [1.165, 1.54) is 5.56 Å². The van der Waals surface area contributed by atoms with Gasteiger partial charge in [0, 0.05) is 17.7 Å². The number of benzene rings is 2. The van der Waals surface area contributed by atoms with Crippen LogP contribution in [0.15, 0.2) is 48.5 Å². The summed E-state index contributed by atoms with van der Waals surface area (Å²) in [5, 5.41) is 0. The van der Waals surface area contributed by atoms with E-state index in [9.17, 15) is 4.79 Å². The maximum absolute atomic E-state index is 12.1. The Labute approximate surface area is 114 Å². The summed E-state index contributed by atoms with van der Waals surface area (Å²) in [5.74, 6) is 0.192. The maximum atomic E-state index is 12.1. The summed E-state index contributed by atoms with van der Waals surface area (Å²) in [6.45, 7) is 2.09. The van der Waals surface area contributed by atoms with Gasteiger partial charge in [0.1, 0.15) is 0 Å². The van der Waals surface area contributed by atoms with Crippen LogP contribution in [0.1, 0.15) is 34.8 Å². The number of carbonyl (C=O) groups is 1. The van der Waals surface area contributed by atoms with Crippen molar-refractivity contribution in [1.29, 1.82) is 0 Å². The molecule has 0 unspecified atom stereocenters. The summed E-state index contributed by atoms with van der Waals surface area (Å²) in [4.78, 5) is 12.1. The van der Waals surface area contributed by atoms with E-state index < -0.39 is 0 Å². The number of carbonyl (C=O) groups excluding carboxylic acids is 1. The number of nitrogens with two attached hydrogens (primary N) is 1. The fourth-order valence-electron chi connectivity index (χ4n) is 2.12. The van der Waals surface area contributed by atoms with Gasteiger partial charge in [0.15, 0.2) is 5.78 Å². The molecule has 2 N–H and O–H groups in total. The topological polar surface area (TPSA) is 43.1 Å². The summed E-state index contributed by atoms with van der Waals surface area (Å²) >= 11 is 0. The number of Topliss-reactive ketones (excluding diaryl/α,β-unsaturated/α-hetero) is 1. The minimum Gasteiger partial charge on any atom is -0.399 e. The summed E-state index contributed by atoms with van der Waals surface area (Å²) in [5.41, 5.74) is 9.60. The molecule has 0 amide bonds. The molecule has 19 heavy (non-hydrogen) atoms. The number of aryl methyl sites for hydroxylation is 2. The third-order valence-electron chi connectivity index (χ3n) is 3.25. The van der Waals surface area contributed by atoms with Crippen LogP contribution in [0.3, 0.4) is 0 Å². The summed E-state index contributed by atoms with van der Waals surface area (Å²) in [6, 6.07) is 15.6. The lowest BCUT2D eigenvalue weighted by Crippen LogP contribution is -2.02. The van der Waals surface area contributed by atoms with Crippen molar-refractivity contribution in [3.8, 4) is 0 Å². The number of rotatable bonds is 5. The lowest BCUT2D eigenvalue weighted by Gasteiger charge is -2.04. The Morgan fingerprint density at radius 2 is 1.79 bits per heavy atom. The normalized spacial score (nSPS) is 10.4. The molecule has 0 aliphatic heterocycles. The molecule has 0 radical (unpaired) electrons. The van der Waals surface area contributed by atoms with Crippen LogP contribution in [0.25, 0.3) is 0 Å². The molecule has 0 aromatic heterocycles. The second-order valence-corrected chi connectivity index (χ2v) is 4.72. The molecule has 0 fully saturated rings. The summed E-state index contributed by atoms with van der Waals surface area (Å²) in [7, 11) is 0. The Hall–Kier alpha value is -2.09. The first kappa shape index (κ1) is 13.3. The monoisotopic (exact) mass is 253 g/mol. The minimum absolute atomic E-state index is 0.192. The van der Waals surface area contributed by atoms with Crippen molar-refractivity contribution in [3.63, 3.8) is 0 Å². The first-order chi connectivity index (χ1) is 9.19. The van der Waals surface area contributed by atoms with E-state index in [1.807, 2.05) is 42.5 Å². The predicted molar refractivity (Wildman–Crippen MR) is 79.3 cm³/mol. The second-order valence-electron chi connectivity index (χ2n) is 4.72. The Kier molecular flexibility index (Phi) is 4.35. The molecular formula is C17H19NO. The molecule has 0 aliphatic carbocycles. The highest BCUT2D eigenvalue weighted by Crippen LogP contribution is 2.13. The molecule has 98 valence electrons. The van der Waals surface area contributed by atoms with Crippen LogP contribution in [0.5, 0.6) is 0 Å². The van der Waals surface area contributed by atoms with E-state index in [0.717, 1.165) is 29.7 Å². The van der Waals surface area contributed by atoms with Gasteiger partial charge in [-0.15, -0.1) is 0 Å². The molecule has 0 atom stereocenters. The molecule has 0 spiro atoms. The van der Waals surface area contributed by atoms with E-state index in [1.54, 1.807) is 0 Å². The molecule has 0 heterocycles. The first-order valence-corrected chi connectivity index (χ1v) is 6.65. The van der Waals surface area contributed by atoms with Gasteiger partial charge in [0.05, 0.1) is 0 Å². The number of ketones is 1. The SMILES string of the molecule is CCc1cccc(C(=O)CCc2cccc(N)c2)c1.